The Kier molecular flexibility index (Phi) is 4.80. The molecular formula is C19H15Cl2N3O2S. The van der Waals surface area contributed by atoms with E-state index < -0.39 is 16.7 Å². The third kappa shape index (κ3) is 3.40. The van der Waals surface area contributed by atoms with E-state index in [1.54, 1.807) is 16.8 Å². The lowest BCUT2D eigenvalue weighted by atomic mass is 10.2. The topological polar surface area (TPSA) is 64.0 Å². The van der Waals surface area contributed by atoms with Crippen molar-refractivity contribution in [2.75, 3.05) is 5.32 Å². The van der Waals surface area contributed by atoms with Gasteiger partial charge in [-0.2, -0.15) is 5.10 Å². The normalized spacial score (nSPS) is 15.6. The molecule has 1 amide bonds. The number of hydrogen-bond acceptors (Lipinski definition) is 3. The van der Waals surface area contributed by atoms with E-state index in [0.29, 0.717) is 27.4 Å². The van der Waals surface area contributed by atoms with Crippen LogP contribution in [0.5, 0.6) is 0 Å². The van der Waals surface area contributed by atoms with Gasteiger partial charge in [0.2, 0.25) is 0 Å². The van der Waals surface area contributed by atoms with Crippen molar-refractivity contribution < 1.29 is 9.00 Å². The highest BCUT2D eigenvalue weighted by molar-refractivity contribution is 7.83. The SMILES string of the molecule is Cc1ccccc1-n1nc2c(c1NC(=O)c1cc(Cl)ccc1Cl)CS(=O)C2. The van der Waals surface area contributed by atoms with Gasteiger partial charge in [-0.15, -0.1) is 0 Å². The molecule has 0 fully saturated rings. The van der Waals surface area contributed by atoms with E-state index in [0.717, 1.165) is 22.5 Å². The lowest BCUT2D eigenvalue weighted by Crippen LogP contribution is -2.17. The van der Waals surface area contributed by atoms with Crippen molar-refractivity contribution in [3.63, 3.8) is 0 Å². The number of carbonyl (C=O) groups excluding carboxylic acids is 1. The number of hydrogen-bond donors (Lipinski definition) is 1. The molecule has 1 aromatic heterocycles. The molecule has 27 heavy (non-hydrogen) atoms. The second-order valence-electron chi connectivity index (χ2n) is 6.28. The number of aromatic nitrogens is 2. The van der Waals surface area contributed by atoms with E-state index in [-0.39, 0.29) is 5.56 Å². The zero-order valence-electron chi connectivity index (χ0n) is 14.3. The Morgan fingerprint density at radius 3 is 2.74 bits per heavy atom. The van der Waals surface area contributed by atoms with Crippen LogP contribution < -0.4 is 5.32 Å². The second-order valence-corrected chi connectivity index (χ2v) is 8.58. The highest BCUT2D eigenvalue weighted by Crippen LogP contribution is 2.33. The number of nitrogens with zero attached hydrogens (tertiary/aromatic N) is 2. The van der Waals surface area contributed by atoms with Crippen LogP contribution in [-0.4, -0.2) is 19.9 Å². The smallest absolute Gasteiger partial charge is 0.258 e. The predicted octanol–water partition coefficient (Wildman–Crippen LogP) is 4.50. The molecule has 4 rings (SSSR count). The summed E-state index contributed by atoms with van der Waals surface area (Å²) < 4.78 is 13.7. The number of rotatable bonds is 3. The first kappa shape index (κ1) is 18.2. The largest absolute Gasteiger partial charge is 0.306 e. The molecule has 0 radical (unpaired) electrons. The molecule has 8 heteroatoms. The molecule has 2 aromatic carbocycles. The monoisotopic (exact) mass is 419 g/mol. The van der Waals surface area contributed by atoms with Gasteiger partial charge in [-0.3, -0.25) is 9.00 Å². The summed E-state index contributed by atoms with van der Waals surface area (Å²) in [6, 6.07) is 12.5. The number of nitrogens with one attached hydrogen (secondary N) is 1. The lowest BCUT2D eigenvalue weighted by Gasteiger charge is -2.13. The predicted molar refractivity (Wildman–Crippen MR) is 108 cm³/mol. The van der Waals surface area contributed by atoms with Crippen molar-refractivity contribution in [3.8, 4) is 5.69 Å². The first-order chi connectivity index (χ1) is 12.9. The summed E-state index contributed by atoms with van der Waals surface area (Å²) in [6.07, 6.45) is 0. The molecule has 0 saturated carbocycles. The van der Waals surface area contributed by atoms with E-state index in [1.165, 1.54) is 6.07 Å². The van der Waals surface area contributed by atoms with Gasteiger partial charge in [-0.25, -0.2) is 4.68 Å². The van der Waals surface area contributed by atoms with Crippen molar-refractivity contribution in [1.29, 1.82) is 0 Å². The molecule has 5 nitrogen and oxygen atoms in total. The van der Waals surface area contributed by atoms with E-state index in [9.17, 15) is 9.00 Å². The van der Waals surface area contributed by atoms with Crippen LogP contribution >= 0.6 is 23.2 Å². The maximum Gasteiger partial charge on any atom is 0.258 e. The molecule has 1 unspecified atom stereocenters. The van der Waals surface area contributed by atoms with Crippen LogP contribution in [0.15, 0.2) is 42.5 Å². The molecule has 3 aromatic rings. The summed E-state index contributed by atoms with van der Waals surface area (Å²) in [5, 5.41) is 8.24. The number of fused-ring (bicyclic) bond motifs is 1. The Hall–Kier alpha value is -2.15. The average Bonchev–Trinajstić information content (AvgIpc) is 3.14. The Labute approximate surface area is 168 Å². The van der Waals surface area contributed by atoms with Gasteiger partial charge in [-0.1, -0.05) is 41.4 Å². The summed E-state index contributed by atoms with van der Waals surface area (Å²) in [6.45, 7) is 1.97. The molecule has 1 aliphatic heterocycles. The maximum atomic E-state index is 12.9. The van der Waals surface area contributed by atoms with E-state index in [1.807, 2.05) is 31.2 Å². The number of amides is 1. The van der Waals surface area contributed by atoms with Gasteiger partial charge in [0.1, 0.15) is 5.82 Å². The Bertz CT molecular complexity index is 1090. The Morgan fingerprint density at radius 1 is 1.19 bits per heavy atom. The first-order valence-electron chi connectivity index (χ1n) is 8.22. The number of halogens is 2. The van der Waals surface area contributed by atoms with Crippen molar-refractivity contribution in [1.82, 2.24) is 9.78 Å². The number of anilines is 1. The minimum absolute atomic E-state index is 0.273. The fraction of sp³-hybridized carbons (Fsp3) is 0.158. The molecule has 0 saturated heterocycles. The summed E-state index contributed by atoms with van der Waals surface area (Å²) in [7, 11) is -1.01. The van der Waals surface area contributed by atoms with Gasteiger partial charge in [0.05, 0.1) is 33.5 Å². The molecule has 1 atom stereocenters. The van der Waals surface area contributed by atoms with Crippen LogP contribution in [0.1, 0.15) is 27.2 Å². The Morgan fingerprint density at radius 2 is 1.96 bits per heavy atom. The quantitative estimate of drug-likeness (QED) is 0.679. The van der Waals surface area contributed by atoms with Crippen molar-refractivity contribution in [3.05, 3.63) is 74.9 Å². The minimum Gasteiger partial charge on any atom is -0.306 e. The van der Waals surface area contributed by atoms with Crippen LogP contribution in [0, 0.1) is 6.92 Å². The number of carbonyl (C=O) groups is 1. The van der Waals surface area contributed by atoms with Crippen molar-refractivity contribution >= 4 is 45.7 Å². The molecule has 0 bridgehead atoms. The molecular weight excluding hydrogens is 405 g/mol. The van der Waals surface area contributed by atoms with Gasteiger partial charge in [-0.05, 0) is 36.8 Å². The van der Waals surface area contributed by atoms with Crippen molar-refractivity contribution in [2.24, 2.45) is 0 Å². The third-order valence-electron chi connectivity index (χ3n) is 4.42. The number of benzene rings is 2. The second kappa shape index (κ2) is 7.11. The molecule has 1 aliphatic rings. The average molecular weight is 420 g/mol. The summed E-state index contributed by atoms with van der Waals surface area (Å²) >= 11 is 12.2. The standard InChI is InChI=1S/C19H15Cl2N3O2S/c1-11-4-2-3-5-17(11)24-18(14-9-27(26)10-16(14)23-24)22-19(25)13-8-12(20)6-7-15(13)21/h2-8H,9-10H2,1H3,(H,22,25). The lowest BCUT2D eigenvalue weighted by molar-refractivity contribution is 0.102. The summed E-state index contributed by atoms with van der Waals surface area (Å²) in [4.78, 5) is 12.9. The fourth-order valence-corrected chi connectivity index (χ4v) is 4.72. The van der Waals surface area contributed by atoms with Crippen molar-refractivity contribution in [2.45, 2.75) is 18.4 Å². The molecule has 0 spiro atoms. The zero-order valence-corrected chi connectivity index (χ0v) is 16.7. The maximum absolute atomic E-state index is 12.9. The Balaban J connectivity index is 1.80. The van der Waals surface area contributed by atoms with Gasteiger partial charge < -0.3 is 5.32 Å². The molecule has 2 heterocycles. The highest BCUT2D eigenvalue weighted by Gasteiger charge is 2.29. The van der Waals surface area contributed by atoms with Gasteiger partial charge >= 0.3 is 0 Å². The number of para-hydroxylation sites is 1. The van der Waals surface area contributed by atoms with Crippen LogP contribution in [0.2, 0.25) is 10.0 Å². The summed E-state index contributed by atoms with van der Waals surface area (Å²) in [5.41, 5.74) is 3.67. The van der Waals surface area contributed by atoms with E-state index in [2.05, 4.69) is 10.4 Å². The van der Waals surface area contributed by atoms with E-state index >= 15 is 0 Å². The van der Waals surface area contributed by atoms with Gasteiger partial charge in [0.25, 0.3) is 5.91 Å². The van der Waals surface area contributed by atoms with Gasteiger partial charge in [0, 0.05) is 21.4 Å². The van der Waals surface area contributed by atoms with Crippen LogP contribution in [0.4, 0.5) is 5.82 Å². The van der Waals surface area contributed by atoms with Gasteiger partial charge in [0.15, 0.2) is 0 Å². The van der Waals surface area contributed by atoms with Crippen LogP contribution in [0.25, 0.3) is 5.69 Å². The zero-order chi connectivity index (χ0) is 19.1. The first-order valence-corrected chi connectivity index (χ1v) is 10.5. The minimum atomic E-state index is -1.01. The van der Waals surface area contributed by atoms with E-state index in [4.69, 9.17) is 23.2 Å². The fourth-order valence-electron chi connectivity index (χ4n) is 3.08. The van der Waals surface area contributed by atoms with Crippen LogP contribution in [-0.2, 0) is 22.3 Å². The third-order valence-corrected chi connectivity index (χ3v) is 6.19. The molecule has 138 valence electrons. The number of aryl methyl sites for hydroxylation is 1. The van der Waals surface area contributed by atoms with Crippen LogP contribution in [0.3, 0.4) is 0 Å². The highest BCUT2D eigenvalue weighted by atomic mass is 35.5. The summed E-state index contributed by atoms with van der Waals surface area (Å²) in [5.74, 6) is 0.874. The molecule has 0 aliphatic carbocycles. The molecule has 1 N–H and O–H groups in total.